The third kappa shape index (κ3) is 2.61. The van der Waals surface area contributed by atoms with Gasteiger partial charge in [0.1, 0.15) is 17.9 Å². The van der Waals surface area contributed by atoms with E-state index in [-0.39, 0.29) is 0 Å². The van der Waals surface area contributed by atoms with Gasteiger partial charge in [-0.05, 0) is 24.6 Å². The first-order chi connectivity index (χ1) is 8.31. The highest BCUT2D eigenvalue weighted by Crippen LogP contribution is 2.22. The largest absolute Gasteiger partial charge is 0.494 e. The molecule has 1 aromatic heterocycles. The molecule has 0 radical (unpaired) electrons. The van der Waals surface area contributed by atoms with Crippen LogP contribution in [0.1, 0.15) is 12.8 Å². The van der Waals surface area contributed by atoms with Crippen LogP contribution in [0.15, 0.2) is 24.5 Å². The maximum atomic E-state index is 8.40. The number of benzene rings is 1. The molecule has 1 aromatic carbocycles. The van der Waals surface area contributed by atoms with Gasteiger partial charge >= 0.3 is 0 Å². The first-order valence-corrected chi connectivity index (χ1v) is 5.31. The third-order valence-electron chi connectivity index (χ3n) is 2.34. The Labute approximate surface area is 98.9 Å². The molecule has 2 rings (SSSR count). The molecule has 0 aliphatic rings. The molecular weight excluding hydrogens is 216 g/mol. The molecule has 2 N–H and O–H groups in total. The molecule has 0 saturated carbocycles. The van der Waals surface area contributed by atoms with Crippen molar-refractivity contribution in [3.63, 3.8) is 0 Å². The number of anilines is 1. The molecular formula is C12H12N4O. The molecule has 0 atom stereocenters. The number of nitrogens with two attached hydrogens (primary N) is 1. The number of hydrogen-bond donors (Lipinski definition) is 1. The van der Waals surface area contributed by atoms with Gasteiger partial charge in [-0.25, -0.2) is 9.97 Å². The van der Waals surface area contributed by atoms with Gasteiger partial charge in [0, 0.05) is 11.8 Å². The Bertz CT molecular complexity index is 562. The number of ether oxygens (including phenoxy) is 1. The minimum Gasteiger partial charge on any atom is -0.494 e. The second kappa shape index (κ2) is 5.12. The molecule has 2 aromatic rings. The zero-order valence-corrected chi connectivity index (χ0v) is 9.26. The average molecular weight is 228 g/mol. The van der Waals surface area contributed by atoms with Crippen LogP contribution in [0.5, 0.6) is 5.75 Å². The number of fused-ring (bicyclic) bond motifs is 1. The summed E-state index contributed by atoms with van der Waals surface area (Å²) in [5.41, 5.74) is 6.55. The van der Waals surface area contributed by atoms with Crippen LogP contribution < -0.4 is 10.5 Å². The van der Waals surface area contributed by atoms with Crippen molar-refractivity contribution in [2.24, 2.45) is 0 Å². The van der Waals surface area contributed by atoms with E-state index in [0.717, 1.165) is 23.1 Å². The molecule has 1 heterocycles. The van der Waals surface area contributed by atoms with Crippen LogP contribution in [0, 0.1) is 11.3 Å². The van der Waals surface area contributed by atoms with Crippen LogP contribution in [0.3, 0.4) is 0 Å². The second-order valence-electron chi connectivity index (χ2n) is 3.55. The maximum absolute atomic E-state index is 8.40. The first kappa shape index (κ1) is 11.1. The Hall–Kier alpha value is -2.35. The predicted molar refractivity (Wildman–Crippen MR) is 64.3 cm³/mol. The van der Waals surface area contributed by atoms with Gasteiger partial charge in [0.15, 0.2) is 0 Å². The summed E-state index contributed by atoms with van der Waals surface area (Å²) >= 11 is 0. The summed E-state index contributed by atoms with van der Waals surface area (Å²) in [6, 6.07) is 7.56. The summed E-state index contributed by atoms with van der Waals surface area (Å²) < 4.78 is 5.51. The summed E-state index contributed by atoms with van der Waals surface area (Å²) in [4.78, 5) is 8.03. The highest BCUT2D eigenvalue weighted by molar-refractivity contribution is 5.88. The van der Waals surface area contributed by atoms with Gasteiger partial charge in [-0.1, -0.05) is 0 Å². The average Bonchev–Trinajstić information content (AvgIpc) is 2.36. The van der Waals surface area contributed by atoms with Gasteiger partial charge < -0.3 is 10.5 Å². The summed E-state index contributed by atoms with van der Waals surface area (Å²) in [6.07, 6.45) is 2.65. The molecule has 0 fully saturated rings. The number of aromatic nitrogens is 2. The highest BCUT2D eigenvalue weighted by atomic mass is 16.5. The number of hydrogen-bond acceptors (Lipinski definition) is 5. The summed E-state index contributed by atoms with van der Waals surface area (Å²) in [7, 11) is 0. The van der Waals surface area contributed by atoms with Crippen molar-refractivity contribution in [1.82, 2.24) is 9.97 Å². The Morgan fingerprint density at radius 2 is 2.24 bits per heavy atom. The van der Waals surface area contributed by atoms with E-state index in [0.29, 0.717) is 18.8 Å². The molecule has 17 heavy (non-hydrogen) atoms. The summed E-state index contributed by atoms with van der Waals surface area (Å²) in [6.45, 7) is 0.520. The van der Waals surface area contributed by atoms with Crippen molar-refractivity contribution in [2.45, 2.75) is 12.8 Å². The third-order valence-corrected chi connectivity index (χ3v) is 2.34. The molecule has 0 aliphatic carbocycles. The van der Waals surface area contributed by atoms with Crippen LogP contribution >= 0.6 is 0 Å². The fourth-order valence-electron chi connectivity index (χ4n) is 1.49. The van der Waals surface area contributed by atoms with Gasteiger partial charge in [-0.2, -0.15) is 5.26 Å². The van der Waals surface area contributed by atoms with E-state index in [2.05, 4.69) is 16.0 Å². The van der Waals surface area contributed by atoms with E-state index in [9.17, 15) is 0 Å². The predicted octanol–water partition coefficient (Wildman–Crippen LogP) is 1.89. The van der Waals surface area contributed by atoms with Crippen LogP contribution in [0.2, 0.25) is 0 Å². The molecule has 0 unspecified atom stereocenters. The van der Waals surface area contributed by atoms with Crippen molar-refractivity contribution < 1.29 is 4.74 Å². The van der Waals surface area contributed by atoms with Crippen molar-refractivity contribution in [2.75, 3.05) is 12.3 Å². The van der Waals surface area contributed by atoms with E-state index in [1.165, 1.54) is 6.33 Å². The topological polar surface area (TPSA) is 84.8 Å². The fourth-order valence-corrected chi connectivity index (χ4v) is 1.49. The van der Waals surface area contributed by atoms with Gasteiger partial charge in [0.2, 0.25) is 0 Å². The lowest BCUT2D eigenvalue weighted by atomic mass is 10.2. The Morgan fingerprint density at radius 3 is 3.06 bits per heavy atom. The lowest BCUT2D eigenvalue weighted by Gasteiger charge is -2.06. The van der Waals surface area contributed by atoms with E-state index in [1.807, 2.05) is 18.2 Å². The molecule has 0 aliphatic heterocycles. The Balaban J connectivity index is 2.14. The number of nitrogens with zero attached hydrogens (tertiary/aromatic N) is 3. The van der Waals surface area contributed by atoms with E-state index in [4.69, 9.17) is 15.7 Å². The molecule has 0 amide bonds. The van der Waals surface area contributed by atoms with Crippen LogP contribution in [-0.4, -0.2) is 16.6 Å². The number of nitriles is 1. The maximum Gasteiger partial charge on any atom is 0.134 e. The smallest absolute Gasteiger partial charge is 0.134 e. The summed E-state index contributed by atoms with van der Waals surface area (Å²) in [5, 5.41) is 9.19. The van der Waals surface area contributed by atoms with Crippen LogP contribution in [0.25, 0.3) is 10.9 Å². The van der Waals surface area contributed by atoms with E-state index in [1.54, 1.807) is 0 Å². The normalized spacial score (nSPS) is 10.1. The van der Waals surface area contributed by atoms with Crippen molar-refractivity contribution in [3.05, 3.63) is 24.5 Å². The Morgan fingerprint density at radius 1 is 1.35 bits per heavy atom. The zero-order valence-electron chi connectivity index (χ0n) is 9.26. The minimum atomic E-state index is 0.442. The monoisotopic (exact) mass is 228 g/mol. The van der Waals surface area contributed by atoms with Gasteiger partial charge in [-0.15, -0.1) is 0 Å². The van der Waals surface area contributed by atoms with Crippen LogP contribution in [0.4, 0.5) is 5.82 Å². The number of rotatable bonds is 4. The molecule has 86 valence electrons. The lowest BCUT2D eigenvalue weighted by molar-refractivity contribution is 0.313. The van der Waals surface area contributed by atoms with Crippen molar-refractivity contribution in [1.29, 1.82) is 5.26 Å². The van der Waals surface area contributed by atoms with Gasteiger partial charge in [-0.3, -0.25) is 0 Å². The SMILES string of the molecule is N#CCCCOc1ccc2ncnc(N)c2c1. The molecule has 5 nitrogen and oxygen atoms in total. The Kier molecular flexibility index (Phi) is 3.36. The van der Waals surface area contributed by atoms with Crippen molar-refractivity contribution >= 4 is 16.7 Å². The van der Waals surface area contributed by atoms with Crippen LogP contribution in [-0.2, 0) is 0 Å². The van der Waals surface area contributed by atoms with E-state index < -0.39 is 0 Å². The second-order valence-corrected chi connectivity index (χ2v) is 3.55. The molecule has 0 saturated heterocycles. The minimum absolute atomic E-state index is 0.442. The zero-order chi connectivity index (χ0) is 12.1. The molecule has 5 heteroatoms. The standard InChI is InChI=1S/C12H12N4O/c13-5-1-2-6-17-9-3-4-11-10(7-9)12(14)16-8-15-11/h3-4,7-8H,1-2,6H2,(H2,14,15,16). The fraction of sp³-hybridized carbons (Fsp3) is 0.250. The van der Waals surface area contributed by atoms with E-state index >= 15 is 0 Å². The summed E-state index contributed by atoms with van der Waals surface area (Å²) in [5.74, 6) is 1.16. The number of unbranched alkanes of at least 4 members (excludes halogenated alkanes) is 1. The first-order valence-electron chi connectivity index (χ1n) is 5.31. The van der Waals surface area contributed by atoms with Gasteiger partial charge in [0.25, 0.3) is 0 Å². The van der Waals surface area contributed by atoms with Crippen molar-refractivity contribution in [3.8, 4) is 11.8 Å². The molecule has 0 spiro atoms. The number of nitrogen functional groups attached to an aromatic ring is 1. The lowest BCUT2D eigenvalue weighted by Crippen LogP contribution is -1.98. The highest BCUT2D eigenvalue weighted by Gasteiger charge is 2.02. The molecule has 0 bridgehead atoms. The quantitative estimate of drug-likeness (QED) is 0.808. The van der Waals surface area contributed by atoms with Gasteiger partial charge in [0.05, 0.1) is 18.2 Å².